The van der Waals surface area contributed by atoms with Crippen LogP contribution >= 0.6 is 0 Å². The summed E-state index contributed by atoms with van der Waals surface area (Å²) in [6.07, 6.45) is -2.68. The zero-order valence-electron chi connectivity index (χ0n) is 8.67. The minimum absolute atomic E-state index is 0.0401. The molecule has 0 radical (unpaired) electrons. The van der Waals surface area contributed by atoms with Gasteiger partial charge < -0.3 is 21.1 Å². The third-order valence-corrected chi connectivity index (χ3v) is 2.40. The van der Waals surface area contributed by atoms with Crippen molar-refractivity contribution in [2.75, 3.05) is 12.5 Å². The van der Waals surface area contributed by atoms with E-state index in [9.17, 15) is 15.0 Å². The molecule has 2 rings (SSSR count). The molecule has 5 N–H and O–H groups in total. The average molecular weight is 244 g/mol. The molecule has 2 heterocycles. The van der Waals surface area contributed by atoms with Crippen LogP contribution in [0.1, 0.15) is 6.23 Å². The summed E-state index contributed by atoms with van der Waals surface area (Å²) in [7, 11) is 0. The van der Waals surface area contributed by atoms with Gasteiger partial charge in [-0.15, -0.1) is 5.06 Å². The van der Waals surface area contributed by atoms with Crippen LogP contribution in [0.25, 0.3) is 0 Å². The number of anilines is 1. The fourth-order valence-electron chi connectivity index (χ4n) is 1.53. The van der Waals surface area contributed by atoms with Gasteiger partial charge in [0, 0.05) is 6.20 Å². The quantitative estimate of drug-likeness (QED) is 0.438. The molecule has 0 unspecified atom stereocenters. The summed E-state index contributed by atoms with van der Waals surface area (Å²) < 4.78 is 0.972. The van der Waals surface area contributed by atoms with Crippen LogP contribution in [0.2, 0.25) is 0 Å². The Kier molecular flexibility index (Phi) is 3.09. The summed E-state index contributed by atoms with van der Waals surface area (Å²) in [5.41, 5.74) is 4.59. The molecule has 0 saturated carbocycles. The first-order valence-corrected chi connectivity index (χ1v) is 4.79. The van der Waals surface area contributed by atoms with E-state index < -0.39 is 31.0 Å². The Morgan fingerprint density at radius 1 is 1.53 bits per heavy atom. The molecule has 1 aliphatic heterocycles. The van der Waals surface area contributed by atoms with Gasteiger partial charge in [-0.1, -0.05) is 0 Å². The first-order valence-electron chi connectivity index (χ1n) is 4.79. The fraction of sp³-hybridized carbons (Fsp3) is 0.500. The second kappa shape index (κ2) is 4.39. The lowest BCUT2D eigenvalue weighted by molar-refractivity contribution is -0.244. The molecule has 94 valence electrons. The molecule has 0 bridgehead atoms. The van der Waals surface area contributed by atoms with Gasteiger partial charge in [0.2, 0.25) is 0 Å². The van der Waals surface area contributed by atoms with Crippen LogP contribution in [0, 0.1) is 0 Å². The topological polar surface area (TPSA) is 134 Å². The first kappa shape index (κ1) is 12.0. The van der Waals surface area contributed by atoms with E-state index in [2.05, 4.69) is 4.98 Å². The SMILES string of the molecule is Nc1ccn([C@@H]2ON(CO)[C@@H](O)[C@H]2O)c(=O)n1. The zero-order chi connectivity index (χ0) is 12.6. The van der Waals surface area contributed by atoms with Crippen LogP contribution in [0.15, 0.2) is 17.1 Å². The molecule has 0 aromatic carbocycles. The molecule has 0 amide bonds. The van der Waals surface area contributed by atoms with Gasteiger partial charge >= 0.3 is 5.69 Å². The first-order chi connectivity index (χ1) is 8.04. The lowest BCUT2D eigenvalue weighted by atomic mass is 10.3. The number of nitrogen functional groups attached to an aromatic ring is 1. The van der Waals surface area contributed by atoms with E-state index in [0.29, 0.717) is 0 Å². The predicted octanol–water partition coefficient (Wildman–Crippen LogP) is -2.80. The van der Waals surface area contributed by atoms with Crippen LogP contribution in [0.3, 0.4) is 0 Å². The molecule has 9 heteroatoms. The Bertz CT molecular complexity index is 463. The second-order valence-corrected chi connectivity index (χ2v) is 3.50. The standard InChI is InChI=1S/C8H12N4O5/c9-4-1-2-11(8(16)10-4)7-5(14)6(15)12(3-13)17-7/h1-2,5-7,13-15H,3H2,(H2,9,10,16)/t5-,6+,7-/m1/s1. The number of hydroxylamine groups is 2. The maximum absolute atomic E-state index is 11.5. The number of aliphatic hydroxyl groups is 3. The van der Waals surface area contributed by atoms with E-state index in [1.165, 1.54) is 12.3 Å². The molecule has 3 atom stereocenters. The van der Waals surface area contributed by atoms with Crippen molar-refractivity contribution >= 4 is 5.82 Å². The molecule has 1 aliphatic rings. The van der Waals surface area contributed by atoms with Crippen LogP contribution in [-0.4, -0.2) is 49.0 Å². The highest BCUT2D eigenvalue weighted by atomic mass is 16.7. The number of rotatable bonds is 2. The van der Waals surface area contributed by atoms with Gasteiger partial charge in [0.1, 0.15) is 18.7 Å². The number of nitrogens with two attached hydrogens (primary N) is 1. The van der Waals surface area contributed by atoms with E-state index in [1.54, 1.807) is 0 Å². The number of hydrogen-bond donors (Lipinski definition) is 4. The number of aromatic nitrogens is 2. The molecule has 1 fully saturated rings. The van der Waals surface area contributed by atoms with Gasteiger partial charge in [-0.3, -0.25) is 9.40 Å². The Hall–Kier alpha value is -1.52. The predicted molar refractivity (Wildman–Crippen MR) is 54.0 cm³/mol. The summed E-state index contributed by atoms with van der Waals surface area (Å²) in [5, 5.41) is 28.7. The van der Waals surface area contributed by atoms with Crippen molar-refractivity contribution in [3.8, 4) is 0 Å². The maximum Gasteiger partial charge on any atom is 0.351 e. The molecule has 1 aromatic heterocycles. The van der Waals surface area contributed by atoms with Crippen molar-refractivity contribution < 1.29 is 20.2 Å². The molecule has 17 heavy (non-hydrogen) atoms. The van der Waals surface area contributed by atoms with E-state index in [-0.39, 0.29) is 5.82 Å². The average Bonchev–Trinajstić information content (AvgIpc) is 2.57. The third kappa shape index (κ3) is 2.01. The highest BCUT2D eigenvalue weighted by molar-refractivity contribution is 5.23. The second-order valence-electron chi connectivity index (χ2n) is 3.50. The number of nitrogens with zero attached hydrogens (tertiary/aromatic N) is 3. The minimum atomic E-state index is -1.42. The van der Waals surface area contributed by atoms with E-state index >= 15 is 0 Å². The van der Waals surface area contributed by atoms with Gasteiger partial charge in [0.15, 0.2) is 12.5 Å². The molecule has 0 spiro atoms. The molecular weight excluding hydrogens is 232 g/mol. The van der Waals surface area contributed by atoms with Crippen molar-refractivity contribution in [2.24, 2.45) is 0 Å². The summed E-state index contributed by atoms with van der Waals surface area (Å²) in [4.78, 5) is 20.0. The lowest BCUT2D eigenvalue weighted by Gasteiger charge is -2.15. The summed E-state index contributed by atoms with van der Waals surface area (Å²) in [5.74, 6) is 0.0401. The van der Waals surface area contributed by atoms with E-state index in [1.807, 2.05) is 0 Å². The molecule has 0 aliphatic carbocycles. The van der Waals surface area contributed by atoms with Crippen molar-refractivity contribution in [1.29, 1.82) is 0 Å². The monoisotopic (exact) mass is 244 g/mol. The van der Waals surface area contributed by atoms with Gasteiger partial charge in [0.25, 0.3) is 0 Å². The Labute approximate surface area is 95.2 Å². The zero-order valence-corrected chi connectivity index (χ0v) is 8.67. The highest BCUT2D eigenvalue weighted by Crippen LogP contribution is 2.26. The van der Waals surface area contributed by atoms with Crippen molar-refractivity contribution in [3.05, 3.63) is 22.7 Å². The van der Waals surface area contributed by atoms with Crippen LogP contribution in [-0.2, 0) is 4.84 Å². The highest BCUT2D eigenvalue weighted by Gasteiger charge is 2.42. The fourth-order valence-corrected chi connectivity index (χ4v) is 1.53. The minimum Gasteiger partial charge on any atom is -0.384 e. The smallest absolute Gasteiger partial charge is 0.351 e. The Morgan fingerprint density at radius 3 is 2.76 bits per heavy atom. The van der Waals surface area contributed by atoms with Gasteiger partial charge in [-0.25, -0.2) is 4.79 Å². The molecular formula is C8H12N4O5. The van der Waals surface area contributed by atoms with Crippen LogP contribution in [0.4, 0.5) is 5.82 Å². The van der Waals surface area contributed by atoms with Crippen molar-refractivity contribution in [1.82, 2.24) is 14.6 Å². The summed E-state index contributed by atoms with van der Waals surface area (Å²) in [6.45, 7) is -0.619. The third-order valence-electron chi connectivity index (χ3n) is 2.40. The van der Waals surface area contributed by atoms with Gasteiger partial charge in [-0.2, -0.15) is 4.98 Å². The number of aliphatic hydroxyl groups excluding tert-OH is 3. The molecule has 1 aromatic rings. The molecule has 9 nitrogen and oxygen atoms in total. The maximum atomic E-state index is 11.5. The van der Waals surface area contributed by atoms with Crippen molar-refractivity contribution in [2.45, 2.75) is 18.6 Å². The van der Waals surface area contributed by atoms with Crippen LogP contribution < -0.4 is 11.4 Å². The van der Waals surface area contributed by atoms with Crippen molar-refractivity contribution in [3.63, 3.8) is 0 Å². The summed E-state index contributed by atoms with van der Waals surface area (Å²) >= 11 is 0. The van der Waals surface area contributed by atoms with Crippen LogP contribution in [0.5, 0.6) is 0 Å². The largest absolute Gasteiger partial charge is 0.384 e. The summed E-state index contributed by atoms with van der Waals surface area (Å²) in [6, 6.07) is 1.35. The molecule has 1 saturated heterocycles. The lowest BCUT2D eigenvalue weighted by Crippen LogP contribution is -2.37. The number of hydrogen-bond acceptors (Lipinski definition) is 8. The van der Waals surface area contributed by atoms with E-state index in [0.717, 1.165) is 9.63 Å². The van der Waals surface area contributed by atoms with Gasteiger partial charge in [0.05, 0.1) is 0 Å². The normalized spacial score (nSPS) is 29.7. The Morgan fingerprint density at radius 2 is 2.24 bits per heavy atom. The Balaban J connectivity index is 2.32. The van der Waals surface area contributed by atoms with E-state index in [4.69, 9.17) is 15.7 Å². The van der Waals surface area contributed by atoms with Gasteiger partial charge in [-0.05, 0) is 6.07 Å².